The number of nitrogens with zero attached hydrogens (tertiary/aromatic N) is 2. The number of anilines is 1. The normalized spacial score (nSPS) is 10.7. The highest BCUT2D eigenvalue weighted by Crippen LogP contribution is 2.25. The number of rotatable bonds is 3. The Morgan fingerprint density at radius 1 is 1.28 bits per heavy atom. The van der Waals surface area contributed by atoms with Crippen molar-refractivity contribution in [2.24, 2.45) is 7.05 Å². The van der Waals surface area contributed by atoms with Crippen LogP contribution in [-0.4, -0.2) is 9.78 Å². The summed E-state index contributed by atoms with van der Waals surface area (Å²) >= 11 is 12.3. The first-order valence-electron chi connectivity index (χ1n) is 5.67. The molecule has 1 aromatic heterocycles. The largest absolute Gasteiger partial charge is 0.379 e. The molecular weight excluding hydrogens is 269 g/mol. The molecule has 18 heavy (non-hydrogen) atoms. The summed E-state index contributed by atoms with van der Waals surface area (Å²) in [4.78, 5) is 0. The van der Waals surface area contributed by atoms with E-state index in [2.05, 4.69) is 10.4 Å². The predicted molar refractivity (Wildman–Crippen MR) is 76.5 cm³/mol. The summed E-state index contributed by atoms with van der Waals surface area (Å²) in [5.41, 5.74) is 3.86. The molecule has 0 spiro atoms. The fourth-order valence-corrected chi connectivity index (χ4v) is 2.25. The van der Waals surface area contributed by atoms with E-state index in [4.69, 9.17) is 23.2 Å². The van der Waals surface area contributed by atoms with Crippen LogP contribution >= 0.6 is 23.2 Å². The fourth-order valence-electron chi connectivity index (χ4n) is 1.85. The van der Waals surface area contributed by atoms with E-state index in [0.29, 0.717) is 11.6 Å². The van der Waals surface area contributed by atoms with Crippen molar-refractivity contribution in [3.8, 4) is 0 Å². The Morgan fingerprint density at radius 2 is 2.00 bits per heavy atom. The highest BCUT2D eigenvalue weighted by atomic mass is 35.5. The maximum Gasteiger partial charge on any atom is 0.0865 e. The van der Waals surface area contributed by atoms with Crippen LogP contribution in [0.1, 0.15) is 17.0 Å². The number of nitrogens with one attached hydrogen (secondary N) is 1. The first-order chi connectivity index (χ1) is 8.50. The van der Waals surface area contributed by atoms with Gasteiger partial charge in [-0.25, -0.2) is 0 Å². The van der Waals surface area contributed by atoms with Crippen LogP contribution in [0, 0.1) is 13.8 Å². The number of halogens is 2. The quantitative estimate of drug-likeness (QED) is 0.924. The highest BCUT2D eigenvalue weighted by Gasteiger charge is 2.11. The molecule has 96 valence electrons. The second-order valence-corrected chi connectivity index (χ2v) is 5.02. The van der Waals surface area contributed by atoms with Crippen LogP contribution in [0.25, 0.3) is 0 Å². The predicted octanol–water partition coefficient (Wildman–Crippen LogP) is 3.96. The Morgan fingerprint density at radius 3 is 2.61 bits per heavy atom. The molecule has 1 aromatic carbocycles. The molecule has 2 rings (SSSR count). The summed E-state index contributed by atoms with van der Waals surface area (Å²) in [7, 11) is 1.89. The first-order valence-corrected chi connectivity index (χ1v) is 6.43. The molecule has 0 aliphatic heterocycles. The van der Waals surface area contributed by atoms with Gasteiger partial charge in [0.1, 0.15) is 0 Å². The van der Waals surface area contributed by atoms with E-state index in [9.17, 15) is 0 Å². The fraction of sp³-hybridized carbons (Fsp3) is 0.308. The van der Waals surface area contributed by atoms with Crippen LogP contribution in [0.5, 0.6) is 0 Å². The van der Waals surface area contributed by atoms with Crippen molar-refractivity contribution >= 4 is 28.9 Å². The van der Waals surface area contributed by atoms with Crippen LogP contribution in [0.4, 0.5) is 5.69 Å². The van der Waals surface area contributed by atoms with Gasteiger partial charge in [0, 0.05) is 17.8 Å². The van der Waals surface area contributed by atoms with Crippen molar-refractivity contribution in [1.82, 2.24) is 9.78 Å². The monoisotopic (exact) mass is 283 g/mol. The zero-order valence-corrected chi connectivity index (χ0v) is 12.1. The molecule has 0 saturated carbocycles. The van der Waals surface area contributed by atoms with Crippen molar-refractivity contribution in [3.63, 3.8) is 0 Å². The van der Waals surface area contributed by atoms with E-state index in [-0.39, 0.29) is 0 Å². The second-order valence-electron chi connectivity index (χ2n) is 4.24. The molecule has 0 aliphatic rings. The van der Waals surface area contributed by atoms with Crippen molar-refractivity contribution in [2.75, 3.05) is 5.32 Å². The van der Waals surface area contributed by atoms with E-state index in [1.54, 1.807) is 4.68 Å². The van der Waals surface area contributed by atoms with Gasteiger partial charge in [0.05, 0.1) is 23.0 Å². The van der Waals surface area contributed by atoms with E-state index in [1.807, 2.05) is 39.1 Å². The van der Waals surface area contributed by atoms with E-state index in [0.717, 1.165) is 27.7 Å². The molecular formula is C13H15Cl2N3. The summed E-state index contributed by atoms with van der Waals surface area (Å²) in [6.45, 7) is 4.51. The molecule has 0 atom stereocenters. The molecule has 1 heterocycles. The third-order valence-corrected chi connectivity index (χ3v) is 3.88. The van der Waals surface area contributed by atoms with Gasteiger partial charge in [-0.2, -0.15) is 5.10 Å². The maximum absolute atomic E-state index is 6.20. The van der Waals surface area contributed by atoms with Gasteiger partial charge in [-0.05, 0) is 31.5 Å². The molecule has 0 amide bonds. The maximum atomic E-state index is 6.20. The zero-order chi connectivity index (χ0) is 13.3. The van der Waals surface area contributed by atoms with Gasteiger partial charge < -0.3 is 5.32 Å². The van der Waals surface area contributed by atoms with Gasteiger partial charge in [0.2, 0.25) is 0 Å². The van der Waals surface area contributed by atoms with Gasteiger partial charge in [0.15, 0.2) is 0 Å². The minimum atomic E-state index is 0.622. The number of benzene rings is 1. The standard InChI is InChI=1S/C13H15Cl2N3/c1-8-10(14)5-4-6-11(8)16-7-12-13(15)9(2)17-18(12)3/h4-6,16H,7H2,1-3H3. The Balaban J connectivity index is 2.19. The van der Waals surface area contributed by atoms with Crippen LogP contribution < -0.4 is 5.32 Å². The minimum Gasteiger partial charge on any atom is -0.379 e. The summed E-state index contributed by atoms with van der Waals surface area (Å²) in [5, 5.41) is 9.09. The van der Waals surface area contributed by atoms with Gasteiger partial charge in [-0.15, -0.1) is 0 Å². The first kappa shape index (κ1) is 13.2. The SMILES string of the molecule is Cc1nn(C)c(CNc2cccc(Cl)c2C)c1Cl. The Bertz CT molecular complexity index is 576. The van der Waals surface area contributed by atoms with E-state index in [1.165, 1.54) is 0 Å². The molecule has 0 aliphatic carbocycles. The van der Waals surface area contributed by atoms with Gasteiger partial charge in [-0.1, -0.05) is 29.3 Å². The van der Waals surface area contributed by atoms with Gasteiger partial charge in [-0.3, -0.25) is 4.68 Å². The molecule has 0 fully saturated rings. The number of aromatic nitrogens is 2. The van der Waals surface area contributed by atoms with Crippen molar-refractivity contribution in [2.45, 2.75) is 20.4 Å². The van der Waals surface area contributed by atoms with Gasteiger partial charge in [0.25, 0.3) is 0 Å². The van der Waals surface area contributed by atoms with Crippen LogP contribution in [0.15, 0.2) is 18.2 Å². The molecule has 0 radical (unpaired) electrons. The smallest absolute Gasteiger partial charge is 0.0865 e. The number of hydrogen-bond acceptors (Lipinski definition) is 2. The van der Waals surface area contributed by atoms with Crippen LogP contribution in [0.3, 0.4) is 0 Å². The summed E-state index contributed by atoms with van der Waals surface area (Å²) in [5.74, 6) is 0. The van der Waals surface area contributed by atoms with E-state index < -0.39 is 0 Å². The Hall–Kier alpha value is -1.19. The zero-order valence-electron chi connectivity index (χ0n) is 10.6. The lowest BCUT2D eigenvalue weighted by Gasteiger charge is -2.11. The van der Waals surface area contributed by atoms with Gasteiger partial charge >= 0.3 is 0 Å². The topological polar surface area (TPSA) is 29.9 Å². The molecule has 1 N–H and O–H groups in total. The third kappa shape index (κ3) is 2.47. The highest BCUT2D eigenvalue weighted by molar-refractivity contribution is 6.32. The van der Waals surface area contributed by atoms with Crippen LogP contribution in [0.2, 0.25) is 10.0 Å². The summed E-state index contributed by atoms with van der Waals surface area (Å²) < 4.78 is 1.80. The van der Waals surface area contributed by atoms with Crippen molar-refractivity contribution in [1.29, 1.82) is 0 Å². The molecule has 5 heteroatoms. The Kier molecular flexibility index (Phi) is 3.83. The molecule has 0 saturated heterocycles. The molecule has 0 unspecified atom stereocenters. The average molecular weight is 284 g/mol. The van der Waals surface area contributed by atoms with Crippen molar-refractivity contribution in [3.05, 3.63) is 45.2 Å². The minimum absolute atomic E-state index is 0.622. The Labute approximate surface area is 117 Å². The molecule has 2 aromatic rings. The summed E-state index contributed by atoms with van der Waals surface area (Å²) in [6.07, 6.45) is 0. The molecule has 3 nitrogen and oxygen atoms in total. The van der Waals surface area contributed by atoms with E-state index >= 15 is 0 Å². The van der Waals surface area contributed by atoms with Crippen molar-refractivity contribution < 1.29 is 0 Å². The summed E-state index contributed by atoms with van der Waals surface area (Å²) in [6, 6.07) is 5.80. The van der Waals surface area contributed by atoms with Crippen LogP contribution in [-0.2, 0) is 13.6 Å². The average Bonchev–Trinajstić information content (AvgIpc) is 2.56. The number of aryl methyl sites for hydroxylation is 2. The lowest BCUT2D eigenvalue weighted by Crippen LogP contribution is -2.06. The third-order valence-electron chi connectivity index (χ3n) is 2.98. The lowest BCUT2D eigenvalue weighted by molar-refractivity contribution is 0.713. The second kappa shape index (κ2) is 5.21. The number of hydrogen-bond donors (Lipinski definition) is 1. The lowest BCUT2D eigenvalue weighted by atomic mass is 10.2. The molecule has 0 bridgehead atoms.